The number of hydrogen-bond donors (Lipinski definition) is 1. The van der Waals surface area contributed by atoms with E-state index in [1.807, 2.05) is 45.4 Å². The highest BCUT2D eigenvalue weighted by molar-refractivity contribution is 7.12. The number of piperazine rings is 1. The molecular weight excluding hydrogens is 457 g/mol. The highest BCUT2D eigenvalue weighted by atomic mass is 32.1. The largest absolute Gasteiger partial charge is 0.573 e. The zero-order chi connectivity index (χ0) is 23.4. The first-order valence-electron chi connectivity index (χ1n) is 10.2. The van der Waals surface area contributed by atoms with E-state index in [0.717, 1.165) is 17.8 Å². The van der Waals surface area contributed by atoms with Crippen LogP contribution in [0.15, 0.2) is 60.2 Å². The molecule has 0 aliphatic carbocycles. The van der Waals surface area contributed by atoms with Gasteiger partial charge in [0.1, 0.15) is 10.6 Å². The number of carbonyl (C=O) groups is 2. The molecule has 7 nitrogen and oxygen atoms in total. The normalized spacial score (nSPS) is 14.8. The van der Waals surface area contributed by atoms with Crippen molar-refractivity contribution in [3.63, 3.8) is 0 Å². The summed E-state index contributed by atoms with van der Waals surface area (Å²) in [6.45, 7) is 2.21. The first-order chi connectivity index (χ1) is 15.8. The minimum Gasteiger partial charge on any atom is -0.406 e. The molecule has 1 saturated heterocycles. The van der Waals surface area contributed by atoms with Crippen LogP contribution in [0.25, 0.3) is 5.69 Å². The molecule has 1 aliphatic heterocycles. The van der Waals surface area contributed by atoms with Crippen molar-refractivity contribution in [3.05, 3.63) is 65.1 Å². The molecule has 1 N–H and O–H groups in total. The van der Waals surface area contributed by atoms with Gasteiger partial charge in [-0.1, -0.05) is 0 Å². The summed E-state index contributed by atoms with van der Waals surface area (Å²) < 4.78 is 42.4. The molecule has 0 spiro atoms. The van der Waals surface area contributed by atoms with E-state index in [-0.39, 0.29) is 24.1 Å². The molecule has 2 amide bonds. The molecule has 0 atom stereocenters. The van der Waals surface area contributed by atoms with Crippen LogP contribution in [-0.2, 0) is 4.79 Å². The van der Waals surface area contributed by atoms with Crippen LogP contribution in [0.2, 0.25) is 0 Å². The molecule has 174 valence electrons. The Morgan fingerprint density at radius 2 is 1.67 bits per heavy atom. The van der Waals surface area contributed by atoms with Crippen molar-refractivity contribution in [3.8, 4) is 11.4 Å². The Kier molecular flexibility index (Phi) is 6.70. The summed E-state index contributed by atoms with van der Waals surface area (Å²) in [7, 11) is 0. The third kappa shape index (κ3) is 5.93. The van der Waals surface area contributed by atoms with Crippen molar-refractivity contribution in [2.45, 2.75) is 6.36 Å². The van der Waals surface area contributed by atoms with Crippen LogP contribution in [0.5, 0.6) is 5.75 Å². The maximum Gasteiger partial charge on any atom is 0.573 e. The van der Waals surface area contributed by atoms with Gasteiger partial charge in [-0.3, -0.25) is 14.5 Å². The molecule has 1 aliphatic rings. The van der Waals surface area contributed by atoms with Crippen LogP contribution in [0.3, 0.4) is 0 Å². The van der Waals surface area contributed by atoms with Gasteiger partial charge in [-0.15, -0.1) is 24.5 Å². The number of benzene rings is 1. The van der Waals surface area contributed by atoms with Crippen LogP contribution in [0.1, 0.15) is 9.67 Å². The van der Waals surface area contributed by atoms with Crippen LogP contribution in [0, 0.1) is 0 Å². The fourth-order valence-electron chi connectivity index (χ4n) is 3.56. The van der Waals surface area contributed by atoms with Crippen molar-refractivity contribution in [2.75, 3.05) is 38.0 Å². The second kappa shape index (κ2) is 9.67. The monoisotopic (exact) mass is 478 g/mol. The van der Waals surface area contributed by atoms with E-state index in [1.165, 1.54) is 23.5 Å². The molecule has 0 saturated carbocycles. The number of halogens is 3. The summed E-state index contributed by atoms with van der Waals surface area (Å²) in [5.41, 5.74) is 1.22. The molecule has 1 fully saturated rings. The zero-order valence-electron chi connectivity index (χ0n) is 17.4. The smallest absolute Gasteiger partial charge is 0.406 e. The summed E-state index contributed by atoms with van der Waals surface area (Å²) in [6, 6.07) is 10.7. The second-order valence-corrected chi connectivity index (χ2v) is 8.33. The number of nitrogens with one attached hydrogen (secondary N) is 1. The van der Waals surface area contributed by atoms with Crippen molar-refractivity contribution in [2.24, 2.45) is 0 Å². The van der Waals surface area contributed by atoms with Crippen LogP contribution >= 0.6 is 11.3 Å². The lowest BCUT2D eigenvalue weighted by Crippen LogP contribution is -2.50. The van der Waals surface area contributed by atoms with Gasteiger partial charge >= 0.3 is 6.36 Å². The fourth-order valence-corrected chi connectivity index (χ4v) is 4.41. The van der Waals surface area contributed by atoms with Crippen LogP contribution in [-0.4, -0.2) is 65.3 Å². The van der Waals surface area contributed by atoms with Gasteiger partial charge in [0.15, 0.2) is 0 Å². The van der Waals surface area contributed by atoms with Gasteiger partial charge in [-0.25, -0.2) is 0 Å². The van der Waals surface area contributed by atoms with Gasteiger partial charge in [0.05, 0.1) is 12.2 Å². The topological polar surface area (TPSA) is 66.8 Å². The van der Waals surface area contributed by atoms with E-state index >= 15 is 0 Å². The number of anilines is 1. The quantitative estimate of drug-likeness (QED) is 0.585. The van der Waals surface area contributed by atoms with E-state index in [0.29, 0.717) is 36.7 Å². The molecule has 2 aromatic heterocycles. The van der Waals surface area contributed by atoms with Gasteiger partial charge in [-0.05, 0) is 47.8 Å². The summed E-state index contributed by atoms with van der Waals surface area (Å²) in [6.07, 6.45) is -0.972. The average molecular weight is 478 g/mol. The Morgan fingerprint density at radius 3 is 2.30 bits per heavy atom. The number of carbonyl (C=O) groups excluding carboxylic acids is 2. The maximum atomic E-state index is 13.0. The number of nitrogens with zero attached hydrogens (tertiary/aromatic N) is 3. The van der Waals surface area contributed by atoms with Gasteiger partial charge in [-0.2, -0.15) is 0 Å². The van der Waals surface area contributed by atoms with Crippen molar-refractivity contribution >= 4 is 28.8 Å². The molecule has 4 rings (SSSR count). The maximum absolute atomic E-state index is 13.0. The number of rotatable bonds is 6. The van der Waals surface area contributed by atoms with E-state index in [4.69, 9.17) is 0 Å². The highest BCUT2D eigenvalue weighted by Crippen LogP contribution is 2.25. The van der Waals surface area contributed by atoms with E-state index in [9.17, 15) is 22.8 Å². The average Bonchev–Trinajstić information content (AvgIpc) is 3.46. The molecule has 11 heteroatoms. The SMILES string of the molecule is O=C(CN1CCN(C(=O)c2sccc2-n2cccc2)CC1)Nc1ccc(OC(F)(F)F)cc1. The zero-order valence-corrected chi connectivity index (χ0v) is 18.2. The minimum absolute atomic E-state index is 0.0287. The summed E-state index contributed by atoms with van der Waals surface area (Å²) in [4.78, 5) is 29.7. The lowest BCUT2D eigenvalue weighted by Gasteiger charge is -2.34. The molecule has 0 bridgehead atoms. The molecule has 0 unspecified atom stereocenters. The number of aromatic nitrogens is 1. The Labute approximate surface area is 192 Å². The summed E-state index contributed by atoms with van der Waals surface area (Å²) >= 11 is 1.41. The standard InChI is InChI=1S/C22H21F3N4O3S/c23-22(24,25)32-17-5-3-16(4-6-17)26-19(30)15-27-10-12-29(13-11-27)21(31)20-18(7-14-33-20)28-8-1-2-9-28/h1-9,14H,10-13,15H2,(H,26,30). The second-order valence-electron chi connectivity index (χ2n) is 7.41. The minimum atomic E-state index is -4.76. The fraction of sp³-hybridized carbons (Fsp3) is 0.273. The lowest BCUT2D eigenvalue weighted by atomic mass is 10.2. The Balaban J connectivity index is 1.26. The molecule has 33 heavy (non-hydrogen) atoms. The predicted octanol–water partition coefficient (Wildman–Crippen LogP) is 3.83. The Bertz CT molecular complexity index is 1090. The van der Waals surface area contributed by atoms with Crippen LogP contribution in [0.4, 0.5) is 18.9 Å². The molecule has 1 aromatic carbocycles. The van der Waals surface area contributed by atoms with Crippen molar-refractivity contribution in [1.29, 1.82) is 0 Å². The van der Waals surface area contributed by atoms with Gasteiger partial charge < -0.3 is 19.5 Å². The number of alkyl halides is 3. The summed E-state index contributed by atoms with van der Waals surface area (Å²) in [5, 5.41) is 4.55. The van der Waals surface area contributed by atoms with Gasteiger partial charge in [0.25, 0.3) is 5.91 Å². The van der Waals surface area contributed by atoms with Gasteiger partial charge in [0, 0.05) is 44.3 Å². The van der Waals surface area contributed by atoms with Crippen molar-refractivity contribution < 1.29 is 27.5 Å². The van der Waals surface area contributed by atoms with Crippen LogP contribution < -0.4 is 10.1 Å². The first-order valence-corrected chi connectivity index (χ1v) is 11.0. The summed E-state index contributed by atoms with van der Waals surface area (Å²) in [5.74, 6) is -0.668. The molecule has 3 heterocycles. The number of hydrogen-bond acceptors (Lipinski definition) is 5. The Morgan fingerprint density at radius 1 is 1.00 bits per heavy atom. The van der Waals surface area contributed by atoms with E-state index in [1.54, 1.807) is 4.90 Å². The lowest BCUT2D eigenvalue weighted by molar-refractivity contribution is -0.274. The number of amides is 2. The Hall–Kier alpha value is -3.31. The first kappa shape index (κ1) is 22.9. The molecular formula is C22H21F3N4O3S. The predicted molar refractivity (Wildman–Crippen MR) is 118 cm³/mol. The number of ether oxygens (including phenoxy) is 1. The van der Waals surface area contributed by atoms with Crippen molar-refractivity contribution in [1.82, 2.24) is 14.4 Å². The van der Waals surface area contributed by atoms with E-state index < -0.39 is 6.36 Å². The molecule has 3 aromatic rings. The van der Waals surface area contributed by atoms with E-state index in [2.05, 4.69) is 10.1 Å². The third-order valence-corrected chi connectivity index (χ3v) is 6.01. The third-order valence-electron chi connectivity index (χ3n) is 5.12. The number of thiophene rings is 1. The molecule has 0 radical (unpaired) electrons. The highest BCUT2D eigenvalue weighted by Gasteiger charge is 2.31. The van der Waals surface area contributed by atoms with Gasteiger partial charge in [0.2, 0.25) is 5.91 Å².